The van der Waals surface area contributed by atoms with Crippen LogP contribution in [0.4, 0.5) is 0 Å². The molecule has 35 heavy (non-hydrogen) atoms. The fourth-order valence-electron chi connectivity index (χ4n) is 5.02. The molecular weight excluding hydrogens is 432 g/mol. The summed E-state index contributed by atoms with van der Waals surface area (Å²) < 4.78 is 11.4. The van der Waals surface area contributed by atoms with E-state index < -0.39 is 0 Å². The van der Waals surface area contributed by atoms with Crippen molar-refractivity contribution in [2.75, 3.05) is 6.61 Å². The van der Waals surface area contributed by atoms with Gasteiger partial charge >= 0.3 is 5.97 Å². The summed E-state index contributed by atoms with van der Waals surface area (Å²) in [6.45, 7) is 7.42. The Morgan fingerprint density at radius 2 is 1.49 bits per heavy atom. The van der Waals surface area contributed by atoms with Gasteiger partial charge in [-0.15, -0.1) is 0 Å². The predicted molar refractivity (Wildman–Crippen MR) is 145 cm³/mol. The molecule has 1 saturated carbocycles. The Morgan fingerprint density at radius 3 is 2.11 bits per heavy atom. The highest BCUT2D eigenvalue weighted by atomic mass is 16.5. The molecular formula is C32H46O3. The van der Waals surface area contributed by atoms with E-state index in [9.17, 15) is 4.79 Å². The molecule has 0 aliphatic heterocycles. The maximum Gasteiger partial charge on any atom is 0.343 e. The second-order valence-corrected chi connectivity index (χ2v) is 10.6. The molecule has 0 radical (unpaired) electrons. The van der Waals surface area contributed by atoms with Crippen LogP contribution < -0.4 is 9.47 Å². The van der Waals surface area contributed by atoms with Gasteiger partial charge in [-0.25, -0.2) is 4.79 Å². The minimum atomic E-state index is -0.334. The van der Waals surface area contributed by atoms with Gasteiger partial charge in [0.15, 0.2) is 0 Å². The molecule has 3 rings (SSSR count). The minimum absolute atomic E-state index is 0.334. The Hall–Kier alpha value is -2.29. The molecule has 0 unspecified atom stereocenters. The van der Waals surface area contributed by atoms with Crippen LogP contribution in [-0.2, 0) is 6.42 Å². The Morgan fingerprint density at radius 1 is 0.857 bits per heavy atom. The molecule has 0 aromatic heterocycles. The zero-order valence-corrected chi connectivity index (χ0v) is 22.3. The fraction of sp³-hybridized carbons (Fsp3) is 0.594. The molecule has 192 valence electrons. The average Bonchev–Trinajstić information content (AvgIpc) is 2.89. The first-order chi connectivity index (χ1) is 17.1. The van der Waals surface area contributed by atoms with Crippen LogP contribution in [0, 0.1) is 17.8 Å². The first-order valence-electron chi connectivity index (χ1n) is 14.1. The normalized spacial score (nSPS) is 18.7. The van der Waals surface area contributed by atoms with E-state index >= 15 is 0 Å². The monoisotopic (exact) mass is 478 g/mol. The number of hydrogen-bond donors (Lipinski definition) is 0. The summed E-state index contributed by atoms with van der Waals surface area (Å²) >= 11 is 0. The summed E-state index contributed by atoms with van der Waals surface area (Å²) in [4.78, 5) is 12.5. The SMILES string of the molecule is CCCCC[C@H]1CC[C@H](CCc2ccc(OC(=O)c3ccc(OCC[C@@H](C)CC)cc3)cc2)CC1. The third-order valence-corrected chi connectivity index (χ3v) is 7.82. The fourth-order valence-corrected chi connectivity index (χ4v) is 5.02. The molecule has 1 aliphatic rings. The molecule has 1 atom stereocenters. The van der Waals surface area contributed by atoms with Crippen molar-refractivity contribution in [3.63, 3.8) is 0 Å². The lowest BCUT2D eigenvalue weighted by Gasteiger charge is -2.28. The molecule has 0 bridgehead atoms. The van der Waals surface area contributed by atoms with Crippen molar-refractivity contribution in [3.05, 3.63) is 59.7 Å². The molecule has 2 aromatic carbocycles. The van der Waals surface area contributed by atoms with Gasteiger partial charge in [0, 0.05) is 0 Å². The second-order valence-electron chi connectivity index (χ2n) is 10.6. The quantitative estimate of drug-likeness (QED) is 0.154. The molecule has 3 nitrogen and oxygen atoms in total. The van der Waals surface area contributed by atoms with E-state index in [0.29, 0.717) is 23.8 Å². The Kier molecular flexibility index (Phi) is 11.7. The van der Waals surface area contributed by atoms with E-state index in [1.165, 1.54) is 63.4 Å². The second kappa shape index (κ2) is 15.0. The molecule has 0 spiro atoms. The van der Waals surface area contributed by atoms with E-state index in [4.69, 9.17) is 9.47 Å². The van der Waals surface area contributed by atoms with Crippen LogP contribution in [0.15, 0.2) is 48.5 Å². The zero-order chi connectivity index (χ0) is 24.9. The van der Waals surface area contributed by atoms with Gasteiger partial charge in [0.1, 0.15) is 11.5 Å². The number of rotatable bonds is 14. The van der Waals surface area contributed by atoms with Crippen molar-refractivity contribution < 1.29 is 14.3 Å². The Labute approximate surface area is 213 Å². The van der Waals surface area contributed by atoms with Crippen molar-refractivity contribution in [2.45, 2.75) is 97.8 Å². The zero-order valence-electron chi connectivity index (χ0n) is 22.3. The lowest BCUT2D eigenvalue weighted by Crippen LogP contribution is -2.15. The van der Waals surface area contributed by atoms with Crippen LogP contribution in [0.25, 0.3) is 0 Å². The topological polar surface area (TPSA) is 35.5 Å². The van der Waals surface area contributed by atoms with E-state index in [1.807, 2.05) is 24.3 Å². The predicted octanol–water partition coefficient (Wildman–Crippen LogP) is 9.04. The summed E-state index contributed by atoms with van der Waals surface area (Å²) in [5.74, 6) is 3.57. The van der Waals surface area contributed by atoms with Gasteiger partial charge < -0.3 is 9.47 Å². The van der Waals surface area contributed by atoms with Crippen molar-refractivity contribution >= 4 is 5.97 Å². The van der Waals surface area contributed by atoms with E-state index in [1.54, 1.807) is 12.1 Å². The van der Waals surface area contributed by atoms with Crippen molar-refractivity contribution in [1.29, 1.82) is 0 Å². The van der Waals surface area contributed by atoms with E-state index in [-0.39, 0.29) is 5.97 Å². The number of carbonyl (C=O) groups is 1. The van der Waals surface area contributed by atoms with Gasteiger partial charge in [-0.2, -0.15) is 0 Å². The molecule has 0 N–H and O–H groups in total. The lowest BCUT2D eigenvalue weighted by atomic mass is 9.78. The summed E-state index contributed by atoms with van der Waals surface area (Å²) in [5, 5.41) is 0. The van der Waals surface area contributed by atoms with Gasteiger partial charge in [-0.1, -0.05) is 90.7 Å². The molecule has 1 aliphatic carbocycles. The number of unbranched alkanes of at least 4 members (excludes halogenated alkanes) is 2. The number of ether oxygens (including phenoxy) is 2. The van der Waals surface area contributed by atoms with Crippen LogP contribution in [0.2, 0.25) is 0 Å². The summed E-state index contributed by atoms with van der Waals surface area (Å²) in [6.07, 6.45) is 15.8. The van der Waals surface area contributed by atoms with Crippen molar-refractivity contribution in [2.24, 2.45) is 17.8 Å². The summed E-state index contributed by atoms with van der Waals surface area (Å²) in [5.41, 5.74) is 1.86. The number of hydrogen-bond acceptors (Lipinski definition) is 3. The highest BCUT2D eigenvalue weighted by Crippen LogP contribution is 2.34. The third-order valence-electron chi connectivity index (χ3n) is 7.82. The highest BCUT2D eigenvalue weighted by molar-refractivity contribution is 5.91. The Balaban J connectivity index is 1.37. The van der Waals surface area contributed by atoms with Gasteiger partial charge in [0.25, 0.3) is 0 Å². The van der Waals surface area contributed by atoms with Crippen LogP contribution in [-0.4, -0.2) is 12.6 Å². The first-order valence-corrected chi connectivity index (χ1v) is 14.1. The Bertz CT molecular complexity index is 847. The molecule has 2 aromatic rings. The lowest BCUT2D eigenvalue weighted by molar-refractivity contribution is 0.0734. The van der Waals surface area contributed by atoms with Gasteiger partial charge in [0.2, 0.25) is 0 Å². The minimum Gasteiger partial charge on any atom is -0.494 e. The van der Waals surface area contributed by atoms with Crippen molar-refractivity contribution in [3.8, 4) is 11.5 Å². The van der Waals surface area contributed by atoms with Gasteiger partial charge in [-0.05, 0) is 79.0 Å². The van der Waals surface area contributed by atoms with Gasteiger partial charge in [-0.3, -0.25) is 0 Å². The van der Waals surface area contributed by atoms with E-state index in [0.717, 1.165) is 36.8 Å². The molecule has 3 heteroatoms. The first kappa shape index (κ1) is 27.3. The van der Waals surface area contributed by atoms with Crippen LogP contribution in [0.3, 0.4) is 0 Å². The number of benzene rings is 2. The molecule has 0 heterocycles. The number of esters is 1. The largest absolute Gasteiger partial charge is 0.494 e. The molecule has 0 amide bonds. The molecule has 1 fully saturated rings. The maximum atomic E-state index is 12.5. The average molecular weight is 479 g/mol. The summed E-state index contributed by atoms with van der Waals surface area (Å²) in [6, 6.07) is 15.3. The number of carbonyl (C=O) groups excluding carboxylic acids is 1. The highest BCUT2D eigenvalue weighted by Gasteiger charge is 2.20. The maximum absolute atomic E-state index is 12.5. The van der Waals surface area contributed by atoms with Crippen molar-refractivity contribution in [1.82, 2.24) is 0 Å². The standard InChI is InChI=1S/C32H46O3/c1-4-6-7-8-26-9-11-27(12-10-26)13-14-28-15-19-31(20-16-28)35-32(33)29-17-21-30(22-18-29)34-24-23-25(3)5-2/h15-22,25-27H,4-14,23-24H2,1-3H3/t25-,26-,27-/m0/s1. The van der Waals surface area contributed by atoms with Crippen LogP contribution in [0.1, 0.15) is 107 Å². The summed E-state index contributed by atoms with van der Waals surface area (Å²) in [7, 11) is 0. The third kappa shape index (κ3) is 9.70. The molecule has 0 saturated heterocycles. The van der Waals surface area contributed by atoms with E-state index in [2.05, 4.69) is 32.9 Å². The smallest absolute Gasteiger partial charge is 0.343 e. The van der Waals surface area contributed by atoms with Gasteiger partial charge in [0.05, 0.1) is 12.2 Å². The van der Waals surface area contributed by atoms with Crippen LogP contribution in [0.5, 0.6) is 11.5 Å². The number of aryl methyl sites for hydroxylation is 1. The van der Waals surface area contributed by atoms with Crippen LogP contribution >= 0.6 is 0 Å².